The van der Waals surface area contributed by atoms with Gasteiger partial charge in [0.25, 0.3) is 0 Å². The summed E-state index contributed by atoms with van der Waals surface area (Å²) in [7, 11) is 0. The molecule has 74 valence electrons. The number of thiophene rings is 2. The van der Waals surface area contributed by atoms with E-state index in [2.05, 4.69) is 44.0 Å². The molecule has 0 bridgehead atoms. The van der Waals surface area contributed by atoms with Gasteiger partial charge in [0.05, 0.1) is 7.57 Å². The van der Waals surface area contributed by atoms with Crippen molar-refractivity contribution in [3.05, 3.63) is 41.6 Å². The Hall–Kier alpha value is 0.650. The summed E-state index contributed by atoms with van der Waals surface area (Å²) in [6.45, 7) is 0. The molecule has 0 saturated carbocycles. The number of hydrogen-bond donors (Lipinski definition) is 0. The Morgan fingerprint density at radius 1 is 0.929 bits per heavy atom. The zero-order valence-electron chi connectivity index (χ0n) is 6.84. The molecule has 2 rings (SSSR count). The normalized spacial score (nSPS) is 11.1. The monoisotopic (exact) mass is 370 g/mol. The van der Waals surface area contributed by atoms with E-state index in [1.165, 1.54) is 9.75 Å². The van der Waals surface area contributed by atoms with E-state index in [4.69, 9.17) is 11.6 Å². The molecule has 14 heavy (non-hydrogen) atoms. The molecule has 0 aromatic carbocycles. The number of halogens is 3. The van der Waals surface area contributed by atoms with Gasteiger partial charge in [-0.15, -0.1) is 34.3 Å². The second-order valence-electron chi connectivity index (χ2n) is 2.65. The first kappa shape index (κ1) is 11.1. The van der Waals surface area contributed by atoms with Gasteiger partial charge in [0.15, 0.2) is 0 Å². The first-order valence-corrected chi connectivity index (χ1v) is 7.47. The van der Waals surface area contributed by atoms with Crippen molar-refractivity contribution in [2.24, 2.45) is 0 Å². The molecule has 2 aromatic heterocycles. The van der Waals surface area contributed by atoms with Gasteiger partial charge in [0.1, 0.15) is 5.38 Å². The van der Waals surface area contributed by atoms with Crippen LogP contribution in [0, 0.1) is 0 Å². The summed E-state index contributed by atoms with van der Waals surface area (Å²) in [5.41, 5.74) is 0. The predicted octanol–water partition coefficient (Wildman–Crippen LogP) is 5.66. The minimum atomic E-state index is -0.0254. The second kappa shape index (κ2) is 4.66. The summed E-state index contributed by atoms with van der Waals surface area (Å²) < 4.78 is 2.24. The highest BCUT2D eigenvalue weighted by Crippen LogP contribution is 2.39. The lowest BCUT2D eigenvalue weighted by Gasteiger charge is -2.02. The van der Waals surface area contributed by atoms with Crippen molar-refractivity contribution in [1.82, 2.24) is 0 Å². The molecule has 0 atom stereocenters. The average Bonchev–Trinajstić information content (AvgIpc) is 2.73. The zero-order chi connectivity index (χ0) is 10.1. The molecule has 0 N–H and O–H groups in total. The first-order valence-electron chi connectivity index (χ1n) is 3.81. The van der Waals surface area contributed by atoms with E-state index < -0.39 is 0 Å². The van der Waals surface area contributed by atoms with E-state index in [1.807, 2.05) is 12.1 Å². The van der Waals surface area contributed by atoms with Crippen LogP contribution in [0.4, 0.5) is 0 Å². The van der Waals surface area contributed by atoms with E-state index in [9.17, 15) is 0 Å². The van der Waals surface area contributed by atoms with E-state index in [-0.39, 0.29) is 5.38 Å². The van der Waals surface area contributed by atoms with Crippen molar-refractivity contribution < 1.29 is 0 Å². The largest absolute Gasteiger partial charge is 0.131 e. The van der Waals surface area contributed by atoms with E-state index >= 15 is 0 Å². The average molecular weight is 373 g/mol. The Bertz CT molecular complexity index is 395. The summed E-state index contributed by atoms with van der Waals surface area (Å²) in [4.78, 5) is 2.35. The molecule has 0 fully saturated rings. The summed E-state index contributed by atoms with van der Waals surface area (Å²) >= 11 is 16.6. The van der Waals surface area contributed by atoms with Crippen LogP contribution in [0.25, 0.3) is 0 Å². The quantitative estimate of drug-likeness (QED) is 0.597. The Morgan fingerprint density at radius 3 is 1.64 bits per heavy atom. The van der Waals surface area contributed by atoms with Crippen molar-refractivity contribution in [3.63, 3.8) is 0 Å². The maximum absolute atomic E-state index is 6.34. The van der Waals surface area contributed by atoms with Crippen LogP contribution in [0.15, 0.2) is 31.8 Å². The molecule has 0 aliphatic rings. The van der Waals surface area contributed by atoms with Crippen LogP contribution in [0.5, 0.6) is 0 Å². The van der Waals surface area contributed by atoms with Crippen molar-refractivity contribution in [2.45, 2.75) is 5.38 Å². The number of alkyl halides is 1. The molecule has 5 heteroatoms. The predicted molar refractivity (Wildman–Crippen MR) is 71.7 cm³/mol. The van der Waals surface area contributed by atoms with E-state index in [0.717, 1.165) is 7.57 Å². The lowest BCUT2D eigenvalue weighted by molar-refractivity contribution is 1.24. The van der Waals surface area contributed by atoms with Crippen LogP contribution in [0.3, 0.4) is 0 Å². The molecule has 2 heterocycles. The van der Waals surface area contributed by atoms with Crippen LogP contribution < -0.4 is 0 Å². The van der Waals surface area contributed by atoms with Gasteiger partial charge in [-0.3, -0.25) is 0 Å². The van der Waals surface area contributed by atoms with Crippen LogP contribution in [0.1, 0.15) is 15.1 Å². The second-order valence-corrected chi connectivity index (χ2v) is 8.07. The van der Waals surface area contributed by atoms with Crippen LogP contribution >= 0.6 is 66.1 Å². The van der Waals surface area contributed by atoms with Gasteiger partial charge in [0, 0.05) is 9.75 Å². The Morgan fingerprint density at radius 2 is 1.36 bits per heavy atom. The summed E-state index contributed by atoms with van der Waals surface area (Å²) in [5.74, 6) is 0. The Labute approximate surface area is 112 Å². The fraction of sp³-hybridized carbons (Fsp3) is 0.111. The molecule has 0 unspecified atom stereocenters. The fourth-order valence-corrected chi connectivity index (χ4v) is 4.40. The molecule has 0 radical (unpaired) electrons. The summed E-state index contributed by atoms with van der Waals surface area (Å²) in [5, 5.41) is -0.0254. The highest BCUT2D eigenvalue weighted by molar-refractivity contribution is 9.11. The maximum atomic E-state index is 6.34. The van der Waals surface area contributed by atoms with Crippen molar-refractivity contribution in [2.75, 3.05) is 0 Å². The summed E-state index contributed by atoms with van der Waals surface area (Å²) in [6, 6.07) is 8.16. The molecule has 0 spiro atoms. The zero-order valence-corrected chi connectivity index (χ0v) is 12.4. The number of hydrogen-bond acceptors (Lipinski definition) is 2. The lowest BCUT2D eigenvalue weighted by atomic mass is 10.3. The van der Waals surface area contributed by atoms with Crippen LogP contribution in [-0.4, -0.2) is 0 Å². The molecule has 0 aliphatic carbocycles. The smallest absolute Gasteiger partial charge is 0.102 e. The highest BCUT2D eigenvalue weighted by Gasteiger charge is 2.14. The first-order chi connectivity index (χ1) is 6.66. The third kappa shape index (κ3) is 2.42. The van der Waals surface area contributed by atoms with E-state index in [0.29, 0.717) is 0 Å². The molecule has 0 aliphatic heterocycles. The van der Waals surface area contributed by atoms with Gasteiger partial charge >= 0.3 is 0 Å². The minimum Gasteiger partial charge on any atom is -0.131 e. The van der Waals surface area contributed by atoms with Gasteiger partial charge in [-0.1, -0.05) is 0 Å². The SMILES string of the molecule is ClC(c1ccc(Br)s1)c1ccc(Br)s1. The molecule has 0 saturated heterocycles. The van der Waals surface area contributed by atoms with Crippen molar-refractivity contribution in [1.29, 1.82) is 0 Å². The van der Waals surface area contributed by atoms with Crippen LogP contribution in [0.2, 0.25) is 0 Å². The van der Waals surface area contributed by atoms with E-state index in [1.54, 1.807) is 22.7 Å². The topological polar surface area (TPSA) is 0 Å². The van der Waals surface area contributed by atoms with Crippen molar-refractivity contribution >= 4 is 66.1 Å². The van der Waals surface area contributed by atoms with Gasteiger partial charge in [0.2, 0.25) is 0 Å². The fourth-order valence-electron chi connectivity index (χ4n) is 1.07. The summed E-state index contributed by atoms with van der Waals surface area (Å²) in [6.07, 6.45) is 0. The third-order valence-electron chi connectivity index (χ3n) is 1.69. The third-order valence-corrected chi connectivity index (χ3v) is 5.79. The molecule has 2 aromatic rings. The molecular formula is C9H5Br2ClS2. The van der Waals surface area contributed by atoms with Gasteiger partial charge in [-0.2, -0.15) is 0 Å². The minimum absolute atomic E-state index is 0.0254. The standard InChI is InChI=1S/C9H5Br2ClS2/c10-7-3-1-5(13-7)9(12)6-2-4-8(11)14-6/h1-4,9H. The van der Waals surface area contributed by atoms with Crippen molar-refractivity contribution in [3.8, 4) is 0 Å². The molecular weight excluding hydrogens is 367 g/mol. The van der Waals surface area contributed by atoms with Gasteiger partial charge in [-0.25, -0.2) is 0 Å². The molecule has 0 amide bonds. The molecule has 0 nitrogen and oxygen atoms in total. The lowest BCUT2D eigenvalue weighted by Crippen LogP contribution is -1.83. The van der Waals surface area contributed by atoms with Gasteiger partial charge in [-0.05, 0) is 56.1 Å². The Balaban J connectivity index is 2.28. The maximum Gasteiger partial charge on any atom is 0.102 e. The number of rotatable bonds is 2. The highest BCUT2D eigenvalue weighted by atomic mass is 79.9. The Kier molecular flexibility index (Phi) is 3.71. The van der Waals surface area contributed by atoms with Gasteiger partial charge < -0.3 is 0 Å². The van der Waals surface area contributed by atoms with Crippen LogP contribution in [-0.2, 0) is 0 Å².